The van der Waals surface area contributed by atoms with Crippen LogP contribution in [0.25, 0.3) is 11.0 Å². The molecule has 5 heteroatoms. The van der Waals surface area contributed by atoms with Gasteiger partial charge in [-0.2, -0.15) is 0 Å². The molecule has 0 aliphatic heterocycles. The van der Waals surface area contributed by atoms with Crippen LogP contribution in [0.5, 0.6) is 11.5 Å². The van der Waals surface area contributed by atoms with Crippen molar-refractivity contribution >= 4 is 11.0 Å². The molecule has 0 spiro atoms. The Morgan fingerprint density at radius 2 is 1.81 bits per heavy atom. The molecule has 0 radical (unpaired) electrons. The quantitative estimate of drug-likeness (QED) is 0.685. The number of aromatic hydroxyl groups is 1. The van der Waals surface area contributed by atoms with Crippen molar-refractivity contribution in [2.45, 2.75) is 26.4 Å². The number of para-hydroxylation sites is 1. The number of phenols is 1. The van der Waals surface area contributed by atoms with Crippen LogP contribution in [0.15, 0.2) is 51.7 Å². The first-order valence-corrected chi connectivity index (χ1v) is 8.61. The van der Waals surface area contributed by atoms with Gasteiger partial charge in [-0.1, -0.05) is 25.1 Å². The number of hydrogen-bond acceptors (Lipinski definition) is 5. The van der Waals surface area contributed by atoms with Crippen molar-refractivity contribution in [1.82, 2.24) is 4.90 Å². The van der Waals surface area contributed by atoms with Gasteiger partial charge in [-0.05, 0) is 36.7 Å². The van der Waals surface area contributed by atoms with Gasteiger partial charge in [0.2, 0.25) is 0 Å². The lowest BCUT2D eigenvalue weighted by molar-refractivity contribution is 0.310. The van der Waals surface area contributed by atoms with Crippen molar-refractivity contribution in [3.63, 3.8) is 0 Å². The highest BCUT2D eigenvalue weighted by molar-refractivity contribution is 5.82. The lowest BCUT2D eigenvalue weighted by atomic mass is 10.0. The van der Waals surface area contributed by atoms with Crippen LogP contribution in [0.3, 0.4) is 0 Å². The average Bonchev–Trinajstić information content (AvgIpc) is 2.61. The number of phenolic OH excluding ortho intramolecular Hbond substituents is 1. The summed E-state index contributed by atoms with van der Waals surface area (Å²) >= 11 is 0. The number of rotatable bonds is 6. The topological polar surface area (TPSA) is 62.9 Å². The Kier molecular flexibility index (Phi) is 5.28. The second-order valence-corrected chi connectivity index (χ2v) is 6.41. The molecule has 1 N–H and O–H groups in total. The van der Waals surface area contributed by atoms with Gasteiger partial charge in [-0.15, -0.1) is 0 Å². The number of hydrogen-bond donors (Lipinski definition) is 1. The Labute approximate surface area is 152 Å². The molecule has 1 heterocycles. The number of ether oxygens (including phenoxy) is 1. The van der Waals surface area contributed by atoms with E-state index in [0.717, 1.165) is 27.8 Å². The zero-order chi connectivity index (χ0) is 18.7. The van der Waals surface area contributed by atoms with E-state index in [2.05, 4.69) is 4.90 Å². The Hall–Kier alpha value is -2.79. The van der Waals surface area contributed by atoms with Crippen molar-refractivity contribution in [1.29, 1.82) is 0 Å². The van der Waals surface area contributed by atoms with Gasteiger partial charge >= 0.3 is 5.63 Å². The Bertz CT molecular complexity index is 977. The fraction of sp³-hybridized carbons (Fsp3) is 0.286. The lowest BCUT2D eigenvalue weighted by Crippen LogP contribution is -2.19. The summed E-state index contributed by atoms with van der Waals surface area (Å²) in [5.41, 5.74) is 2.79. The molecule has 0 atom stereocenters. The normalized spacial score (nSPS) is 11.2. The minimum Gasteiger partial charge on any atom is -0.508 e. The number of nitrogens with zero attached hydrogens (tertiary/aromatic N) is 1. The standard InChI is InChI=1S/C21H23NO4/c1-4-14-9-17-16(10-21(24)26-20(17)11-18(14)23)13-22(2)12-15-7-5-6-8-19(15)25-3/h5-11,23H,4,12-13H2,1-3H3. The predicted molar refractivity (Wildman–Crippen MR) is 102 cm³/mol. The zero-order valence-electron chi connectivity index (χ0n) is 15.3. The number of benzene rings is 2. The third kappa shape index (κ3) is 3.73. The van der Waals surface area contributed by atoms with Crippen LogP contribution in [0.2, 0.25) is 0 Å². The summed E-state index contributed by atoms with van der Waals surface area (Å²) in [6.07, 6.45) is 0.706. The van der Waals surface area contributed by atoms with E-state index in [1.54, 1.807) is 7.11 Å². The van der Waals surface area contributed by atoms with Crippen molar-refractivity contribution in [3.05, 3.63) is 69.6 Å². The molecule has 0 saturated heterocycles. The molecule has 0 unspecified atom stereocenters. The van der Waals surface area contributed by atoms with Crippen LogP contribution in [0.4, 0.5) is 0 Å². The Morgan fingerprint density at radius 1 is 1.08 bits per heavy atom. The molecule has 3 rings (SSSR count). The summed E-state index contributed by atoms with van der Waals surface area (Å²) in [5.74, 6) is 0.998. The monoisotopic (exact) mass is 353 g/mol. The van der Waals surface area contributed by atoms with E-state index in [4.69, 9.17) is 9.15 Å². The molecular formula is C21H23NO4. The molecular weight excluding hydrogens is 330 g/mol. The molecule has 0 bridgehead atoms. The second kappa shape index (κ2) is 7.62. The molecule has 0 aliphatic rings. The van der Waals surface area contributed by atoms with E-state index in [1.165, 1.54) is 12.1 Å². The molecule has 26 heavy (non-hydrogen) atoms. The Balaban J connectivity index is 1.93. The SMILES string of the molecule is CCc1cc2c(CN(C)Cc3ccccc3OC)cc(=O)oc2cc1O. The maximum absolute atomic E-state index is 11.9. The number of aryl methyl sites for hydroxylation is 1. The van der Waals surface area contributed by atoms with Crippen LogP contribution in [-0.4, -0.2) is 24.2 Å². The first kappa shape index (κ1) is 18.0. The van der Waals surface area contributed by atoms with Gasteiger partial charge in [-0.25, -0.2) is 4.79 Å². The van der Waals surface area contributed by atoms with E-state index in [0.29, 0.717) is 25.1 Å². The van der Waals surface area contributed by atoms with Crippen molar-refractivity contribution in [3.8, 4) is 11.5 Å². The van der Waals surface area contributed by atoms with Crippen molar-refractivity contribution in [2.75, 3.05) is 14.2 Å². The first-order chi connectivity index (χ1) is 12.5. The second-order valence-electron chi connectivity index (χ2n) is 6.41. The fourth-order valence-electron chi connectivity index (χ4n) is 3.19. The molecule has 0 fully saturated rings. The smallest absolute Gasteiger partial charge is 0.336 e. The van der Waals surface area contributed by atoms with E-state index < -0.39 is 5.63 Å². The molecule has 0 amide bonds. The van der Waals surface area contributed by atoms with Gasteiger partial charge < -0.3 is 14.3 Å². The largest absolute Gasteiger partial charge is 0.508 e. The zero-order valence-corrected chi connectivity index (χ0v) is 15.3. The van der Waals surface area contributed by atoms with E-state index in [9.17, 15) is 9.90 Å². The van der Waals surface area contributed by atoms with Crippen LogP contribution in [0, 0.1) is 0 Å². The van der Waals surface area contributed by atoms with Gasteiger partial charge in [0.05, 0.1) is 7.11 Å². The third-order valence-corrected chi connectivity index (χ3v) is 4.48. The number of methoxy groups -OCH3 is 1. The molecule has 1 aromatic heterocycles. The van der Waals surface area contributed by atoms with Gasteiger partial charge in [0.1, 0.15) is 17.1 Å². The highest BCUT2D eigenvalue weighted by Crippen LogP contribution is 2.28. The fourth-order valence-corrected chi connectivity index (χ4v) is 3.19. The summed E-state index contributed by atoms with van der Waals surface area (Å²) in [7, 11) is 3.65. The minimum absolute atomic E-state index is 0.155. The van der Waals surface area contributed by atoms with E-state index in [1.807, 2.05) is 44.3 Å². The molecule has 2 aromatic carbocycles. The summed E-state index contributed by atoms with van der Waals surface area (Å²) in [5, 5.41) is 10.9. The van der Waals surface area contributed by atoms with Gasteiger partial charge in [0, 0.05) is 36.2 Å². The highest BCUT2D eigenvalue weighted by Gasteiger charge is 2.13. The molecule has 136 valence electrons. The Morgan fingerprint density at radius 3 is 2.54 bits per heavy atom. The van der Waals surface area contributed by atoms with Crippen molar-refractivity contribution in [2.24, 2.45) is 0 Å². The van der Waals surface area contributed by atoms with Gasteiger partial charge in [0.25, 0.3) is 0 Å². The summed E-state index contributed by atoms with van der Waals surface area (Å²) in [6.45, 7) is 3.24. The van der Waals surface area contributed by atoms with Crippen LogP contribution >= 0.6 is 0 Å². The first-order valence-electron chi connectivity index (χ1n) is 8.61. The van der Waals surface area contributed by atoms with Crippen LogP contribution < -0.4 is 10.4 Å². The summed E-state index contributed by atoms with van der Waals surface area (Å²) in [4.78, 5) is 14.0. The van der Waals surface area contributed by atoms with Gasteiger partial charge in [0.15, 0.2) is 0 Å². The molecule has 3 aromatic rings. The van der Waals surface area contributed by atoms with Crippen molar-refractivity contribution < 1.29 is 14.3 Å². The van der Waals surface area contributed by atoms with E-state index >= 15 is 0 Å². The number of fused-ring (bicyclic) bond motifs is 1. The maximum Gasteiger partial charge on any atom is 0.336 e. The van der Waals surface area contributed by atoms with Crippen LogP contribution in [0.1, 0.15) is 23.6 Å². The highest BCUT2D eigenvalue weighted by atomic mass is 16.5. The molecule has 5 nitrogen and oxygen atoms in total. The minimum atomic E-state index is -0.415. The summed E-state index contributed by atoms with van der Waals surface area (Å²) in [6, 6.07) is 12.8. The predicted octanol–water partition coefficient (Wildman–Crippen LogP) is 3.70. The van der Waals surface area contributed by atoms with Gasteiger partial charge in [-0.3, -0.25) is 4.90 Å². The molecule has 0 aliphatic carbocycles. The maximum atomic E-state index is 11.9. The molecule has 0 saturated carbocycles. The third-order valence-electron chi connectivity index (χ3n) is 4.48. The lowest BCUT2D eigenvalue weighted by Gasteiger charge is -2.19. The van der Waals surface area contributed by atoms with E-state index in [-0.39, 0.29) is 5.75 Å². The average molecular weight is 353 g/mol. The summed E-state index contributed by atoms with van der Waals surface area (Å²) < 4.78 is 10.7. The van der Waals surface area contributed by atoms with Crippen LogP contribution in [-0.2, 0) is 19.5 Å².